The average molecular weight is 334 g/mol. The molecule has 5 nitrogen and oxygen atoms in total. The SMILES string of the molecule is N#CCc1ccc(NC(=O)Cc2csc(-c3ccccn3)n2)cc1. The summed E-state index contributed by atoms with van der Waals surface area (Å²) in [5, 5.41) is 14.2. The van der Waals surface area contributed by atoms with Gasteiger partial charge in [-0.3, -0.25) is 9.78 Å². The van der Waals surface area contributed by atoms with E-state index in [1.54, 1.807) is 18.3 Å². The number of pyridine rings is 1. The van der Waals surface area contributed by atoms with Crippen LogP contribution in [-0.2, 0) is 17.6 Å². The first-order chi connectivity index (χ1) is 11.7. The van der Waals surface area contributed by atoms with Gasteiger partial charge in [0.15, 0.2) is 0 Å². The van der Waals surface area contributed by atoms with Crippen LogP contribution in [0.2, 0.25) is 0 Å². The van der Waals surface area contributed by atoms with Gasteiger partial charge in [-0.25, -0.2) is 4.98 Å². The minimum Gasteiger partial charge on any atom is -0.326 e. The Morgan fingerprint density at radius 2 is 2.04 bits per heavy atom. The van der Waals surface area contributed by atoms with E-state index in [0.29, 0.717) is 12.1 Å². The zero-order valence-corrected chi connectivity index (χ0v) is 13.6. The van der Waals surface area contributed by atoms with Gasteiger partial charge in [-0.05, 0) is 29.8 Å². The molecule has 0 aliphatic heterocycles. The topological polar surface area (TPSA) is 78.7 Å². The highest BCUT2D eigenvalue weighted by Gasteiger charge is 2.10. The molecule has 3 rings (SSSR count). The lowest BCUT2D eigenvalue weighted by molar-refractivity contribution is -0.115. The highest BCUT2D eigenvalue weighted by Crippen LogP contribution is 2.21. The summed E-state index contributed by atoms with van der Waals surface area (Å²) in [4.78, 5) is 20.8. The van der Waals surface area contributed by atoms with E-state index in [-0.39, 0.29) is 12.3 Å². The molecule has 2 aromatic heterocycles. The summed E-state index contributed by atoms with van der Waals surface area (Å²) in [5.74, 6) is -0.124. The number of benzene rings is 1. The molecule has 0 saturated carbocycles. The maximum absolute atomic E-state index is 12.1. The van der Waals surface area contributed by atoms with Crippen LogP contribution in [0, 0.1) is 11.3 Å². The van der Waals surface area contributed by atoms with E-state index in [4.69, 9.17) is 5.26 Å². The van der Waals surface area contributed by atoms with Crippen molar-refractivity contribution in [2.24, 2.45) is 0 Å². The van der Waals surface area contributed by atoms with Crippen molar-refractivity contribution < 1.29 is 4.79 Å². The monoisotopic (exact) mass is 334 g/mol. The van der Waals surface area contributed by atoms with Crippen LogP contribution in [0.3, 0.4) is 0 Å². The molecule has 3 aromatic rings. The lowest BCUT2D eigenvalue weighted by Crippen LogP contribution is -2.14. The van der Waals surface area contributed by atoms with Crippen LogP contribution in [0.4, 0.5) is 5.69 Å². The third kappa shape index (κ3) is 4.03. The number of rotatable bonds is 5. The van der Waals surface area contributed by atoms with E-state index < -0.39 is 0 Å². The second kappa shape index (κ2) is 7.49. The first kappa shape index (κ1) is 15.8. The van der Waals surface area contributed by atoms with Crippen molar-refractivity contribution in [3.8, 4) is 16.8 Å². The highest BCUT2D eigenvalue weighted by molar-refractivity contribution is 7.13. The molecule has 0 aliphatic carbocycles. The van der Waals surface area contributed by atoms with E-state index in [2.05, 4.69) is 21.4 Å². The van der Waals surface area contributed by atoms with Crippen LogP contribution in [0.15, 0.2) is 54.0 Å². The van der Waals surface area contributed by atoms with E-state index >= 15 is 0 Å². The van der Waals surface area contributed by atoms with E-state index in [9.17, 15) is 4.79 Å². The molecule has 0 unspecified atom stereocenters. The Bertz CT molecular complexity index is 866. The molecule has 1 amide bonds. The van der Waals surface area contributed by atoms with Crippen LogP contribution in [0.1, 0.15) is 11.3 Å². The molecular weight excluding hydrogens is 320 g/mol. The summed E-state index contributed by atoms with van der Waals surface area (Å²) >= 11 is 1.47. The molecule has 6 heteroatoms. The van der Waals surface area contributed by atoms with Gasteiger partial charge in [-0.2, -0.15) is 5.26 Å². The van der Waals surface area contributed by atoms with Gasteiger partial charge in [-0.1, -0.05) is 18.2 Å². The van der Waals surface area contributed by atoms with Crippen LogP contribution >= 0.6 is 11.3 Å². The van der Waals surface area contributed by atoms with Gasteiger partial charge < -0.3 is 5.32 Å². The van der Waals surface area contributed by atoms with Crippen LogP contribution in [0.25, 0.3) is 10.7 Å². The lowest BCUT2D eigenvalue weighted by atomic mass is 10.1. The molecule has 1 N–H and O–H groups in total. The van der Waals surface area contributed by atoms with Gasteiger partial charge in [-0.15, -0.1) is 11.3 Å². The fourth-order valence-electron chi connectivity index (χ4n) is 2.16. The van der Waals surface area contributed by atoms with E-state index in [0.717, 1.165) is 22.0 Å². The van der Waals surface area contributed by atoms with Crippen molar-refractivity contribution in [1.82, 2.24) is 9.97 Å². The van der Waals surface area contributed by atoms with Crippen LogP contribution < -0.4 is 5.32 Å². The first-order valence-corrected chi connectivity index (χ1v) is 8.24. The summed E-state index contributed by atoms with van der Waals surface area (Å²) in [5.41, 5.74) is 3.17. The molecule has 0 bridgehead atoms. The second-order valence-electron chi connectivity index (χ2n) is 5.12. The molecule has 0 fully saturated rings. The molecule has 0 saturated heterocycles. The third-order valence-electron chi connectivity index (χ3n) is 3.30. The normalized spacial score (nSPS) is 10.1. The van der Waals surface area contributed by atoms with Gasteiger partial charge in [0.25, 0.3) is 0 Å². The van der Waals surface area contributed by atoms with Crippen LogP contribution in [-0.4, -0.2) is 15.9 Å². The molecule has 1 aromatic carbocycles. The number of carbonyl (C=O) groups excluding carboxylic acids is 1. The van der Waals surface area contributed by atoms with Crippen molar-refractivity contribution in [2.75, 3.05) is 5.32 Å². The number of nitriles is 1. The van der Waals surface area contributed by atoms with Gasteiger partial charge >= 0.3 is 0 Å². The summed E-state index contributed by atoms with van der Waals surface area (Å²) in [6.45, 7) is 0. The summed E-state index contributed by atoms with van der Waals surface area (Å²) < 4.78 is 0. The quantitative estimate of drug-likeness (QED) is 0.775. The molecule has 118 valence electrons. The fraction of sp³-hybridized carbons (Fsp3) is 0.111. The van der Waals surface area contributed by atoms with Crippen molar-refractivity contribution in [3.05, 3.63) is 65.3 Å². The van der Waals surface area contributed by atoms with Gasteiger partial charge in [0.1, 0.15) is 5.01 Å². The van der Waals surface area contributed by atoms with Crippen molar-refractivity contribution >= 4 is 22.9 Å². The standard InChI is InChI=1S/C18H14N4OS/c19-9-8-13-4-6-14(7-5-13)21-17(23)11-15-12-24-18(22-15)16-3-1-2-10-20-16/h1-7,10,12H,8,11H2,(H,21,23). The number of hydrogen-bond acceptors (Lipinski definition) is 5. The molecule has 0 aliphatic rings. The van der Waals surface area contributed by atoms with Gasteiger partial charge in [0.2, 0.25) is 5.91 Å². The van der Waals surface area contributed by atoms with Crippen molar-refractivity contribution in [3.63, 3.8) is 0 Å². The zero-order chi connectivity index (χ0) is 16.8. The Morgan fingerprint density at radius 1 is 1.21 bits per heavy atom. The highest BCUT2D eigenvalue weighted by atomic mass is 32.1. The summed E-state index contributed by atoms with van der Waals surface area (Å²) in [6, 6.07) is 15.0. The molecule has 0 radical (unpaired) electrons. The summed E-state index contributed by atoms with van der Waals surface area (Å²) in [6.07, 6.45) is 2.30. The zero-order valence-electron chi connectivity index (χ0n) is 12.8. The molecular formula is C18H14N4OS. The Hall–Kier alpha value is -3.04. The predicted octanol–water partition coefficient (Wildman–Crippen LogP) is 3.45. The van der Waals surface area contributed by atoms with E-state index in [1.807, 2.05) is 35.7 Å². The number of aromatic nitrogens is 2. The fourth-order valence-corrected chi connectivity index (χ4v) is 2.96. The largest absolute Gasteiger partial charge is 0.326 e. The summed E-state index contributed by atoms with van der Waals surface area (Å²) in [7, 11) is 0. The smallest absolute Gasteiger partial charge is 0.230 e. The Kier molecular flexibility index (Phi) is 4.94. The number of carbonyl (C=O) groups is 1. The van der Waals surface area contributed by atoms with Crippen molar-refractivity contribution in [1.29, 1.82) is 5.26 Å². The first-order valence-electron chi connectivity index (χ1n) is 7.36. The molecule has 0 spiro atoms. The van der Waals surface area contributed by atoms with Gasteiger partial charge in [0.05, 0.1) is 30.3 Å². The maximum Gasteiger partial charge on any atom is 0.230 e. The number of nitrogens with one attached hydrogen (secondary N) is 1. The Balaban J connectivity index is 1.61. The molecule has 24 heavy (non-hydrogen) atoms. The number of amides is 1. The lowest BCUT2D eigenvalue weighted by Gasteiger charge is -2.04. The maximum atomic E-state index is 12.1. The minimum atomic E-state index is -0.124. The Labute approximate surface area is 143 Å². The number of nitrogens with zero attached hydrogens (tertiary/aromatic N) is 3. The van der Waals surface area contributed by atoms with Gasteiger partial charge in [0, 0.05) is 17.3 Å². The van der Waals surface area contributed by atoms with Crippen molar-refractivity contribution in [2.45, 2.75) is 12.8 Å². The second-order valence-corrected chi connectivity index (χ2v) is 5.97. The molecule has 0 atom stereocenters. The minimum absolute atomic E-state index is 0.124. The number of thiazole rings is 1. The Morgan fingerprint density at radius 3 is 2.75 bits per heavy atom. The van der Waals surface area contributed by atoms with E-state index in [1.165, 1.54) is 11.3 Å². The average Bonchev–Trinajstić information content (AvgIpc) is 3.06. The predicted molar refractivity (Wildman–Crippen MR) is 93.4 cm³/mol. The third-order valence-corrected chi connectivity index (χ3v) is 4.21. The number of anilines is 1. The van der Waals surface area contributed by atoms with Crippen LogP contribution in [0.5, 0.6) is 0 Å². The molecule has 2 heterocycles. The number of hydrogen-bond donors (Lipinski definition) is 1.